The second kappa shape index (κ2) is 8.59. The van der Waals surface area contributed by atoms with E-state index >= 15 is 0 Å². The Morgan fingerprint density at radius 2 is 1.86 bits per heavy atom. The number of aromatic nitrogens is 4. The van der Waals surface area contributed by atoms with Gasteiger partial charge in [-0.1, -0.05) is 54.1 Å². The molecule has 1 N–H and O–H groups in total. The highest BCUT2D eigenvalue weighted by Crippen LogP contribution is 2.16. The molecular weight excluding hydrogens is 388 g/mol. The molecule has 0 aliphatic heterocycles. The summed E-state index contributed by atoms with van der Waals surface area (Å²) in [5.74, 6) is 0.615. The zero-order valence-electron chi connectivity index (χ0n) is 16.0. The van der Waals surface area contributed by atoms with Crippen LogP contribution in [0.15, 0.2) is 65.7 Å². The van der Waals surface area contributed by atoms with Crippen molar-refractivity contribution in [3.63, 3.8) is 0 Å². The molecule has 4 aromatic rings. The largest absolute Gasteiger partial charge is 0.375 e. The van der Waals surface area contributed by atoms with Gasteiger partial charge in [0.05, 0.1) is 25.6 Å². The van der Waals surface area contributed by atoms with Gasteiger partial charge in [-0.3, -0.25) is 4.79 Å². The number of halogens is 1. The third-order valence-electron chi connectivity index (χ3n) is 4.71. The predicted molar refractivity (Wildman–Crippen MR) is 113 cm³/mol. The molecule has 0 aliphatic rings. The molecule has 0 radical (unpaired) electrons. The van der Waals surface area contributed by atoms with E-state index in [1.807, 2.05) is 66.1 Å². The molecule has 7 heteroatoms. The molecule has 1 unspecified atom stereocenters. The zero-order valence-corrected chi connectivity index (χ0v) is 16.8. The molecule has 2 aromatic heterocycles. The number of benzene rings is 2. The van der Waals surface area contributed by atoms with Crippen molar-refractivity contribution < 1.29 is 4.74 Å². The Kier molecular flexibility index (Phi) is 5.74. The van der Waals surface area contributed by atoms with Crippen molar-refractivity contribution in [2.45, 2.75) is 26.0 Å². The number of ether oxygens (including phenoxy) is 1. The van der Waals surface area contributed by atoms with E-state index in [0.717, 1.165) is 11.1 Å². The van der Waals surface area contributed by atoms with E-state index in [2.05, 4.69) is 15.0 Å². The van der Waals surface area contributed by atoms with Gasteiger partial charge in [-0.2, -0.15) is 0 Å². The van der Waals surface area contributed by atoms with Crippen LogP contribution in [0.3, 0.4) is 0 Å². The van der Waals surface area contributed by atoms with Gasteiger partial charge < -0.3 is 14.3 Å². The van der Waals surface area contributed by atoms with E-state index < -0.39 is 0 Å². The van der Waals surface area contributed by atoms with Crippen LogP contribution in [-0.4, -0.2) is 26.1 Å². The maximum atomic E-state index is 12.4. The highest BCUT2D eigenvalue weighted by Gasteiger charge is 2.15. The molecule has 0 amide bonds. The summed E-state index contributed by atoms with van der Waals surface area (Å²) in [6.07, 6.45) is 2.20. The molecule has 6 nitrogen and oxygen atoms in total. The molecule has 1 atom stereocenters. The monoisotopic (exact) mass is 408 g/mol. The maximum absolute atomic E-state index is 12.4. The van der Waals surface area contributed by atoms with Crippen LogP contribution < -0.4 is 5.56 Å². The van der Waals surface area contributed by atoms with Gasteiger partial charge in [0, 0.05) is 11.4 Å². The lowest BCUT2D eigenvalue weighted by Gasteiger charge is -2.14. The minimum Gasteiger partial charge on any atom is -0.375 e. The van der Waals surface area contributed by atoms with Crippen LogP contribution in [0.1, 0.15) is 29.9 Å². The summed E-state index contributed by atoms with van der Waals surface area (Å²) in [4.78, 5) is 24.2. The summed E-state index contributed by atoms with van der Waals surface area (Å²) >= 11 is 5.91. The van der Waals surface area contributed by atoms with Crippen LogP contribution >= 0.6 is 11.6 Å². The number of rotatable bonds is 7. The molecular formula is C22H21ClN4O2. The molecule has 0 spiro atoms. The SMILES string of the molecule is CC(COCc1ccc(Cl)cc1)n1cnc2c(=O)[nH]c(Cc3ccccc3)nc21. The Bertz CT molecular complexity index is 1150. The fourth-order valence-electron chi connectivity index (χ4n) is 3.18. The van der Waals surface area contributed by atoms with Crippen LogP contribution in [0.5, 0.6) is 0 Å². The number of nitrogens with zero attached hydrogens (tertiary/aromatic N) is 3. The smallest absolute Gasteiger partial charge is 0.279 e. The molecule has 4 rings (SSSR count). The number of hydrogen-bond acceptors (Lipinski definition) is 4. The lowest BCUT2D eigenvalue weighted by molar-refractivity contribution is 0.0956. The van der Waals surface area contributed by atoms with E-state index in [1.54, 1.807) is 6.33 Å². The van der Waals surface area contributed by atoms with Crippen LogP contribution in [0, 0.1) is 0 Å². The fraction of sp³-hybridized carbons (Fsp3) is 0.227. The molecule has 148 valence electrons. The predicted octanol–water partition coefficient (Wildman–Crippen LogP) is 4.14. The molecule has 2 aromatic carbocycles. The first kappa shape index (κ1) is 19.4. The van der Waals surface area contributed by atoms with Crippen molar-refractivity contribution >= 4 is 22.8 Å². The van der Waals surface area contributed by atoms with Crippen molar-refractivity contribution in [3.05, 3.63) is 93.3 Å². The second-order valence-electron chi connectivity index (χ2n) is 6.99. The molecule has 29 heavy (non-hydrogen) atoms. The van der Waals surface area contributed by atoms with E-state index in [-0.39, 0.29) is 11.6 Å². The van der Waals surface area contributed by atoms with Crippen LogP contribution in [0.4, 0.5) is 0 Å². The van der Waals surface area contributed by atoms with E-state index in [4.69, 9.17) is 16.3 Å². The first-order valence-corrected chi connectivity index (χ1v) is 9.80. The van der Waals surface area contributed by atoms with Gasteiger partial charge in [0.25, 0.3) is 5.56 Å². The van der Waals surface area contributed by atoms with Gasteiger partial charge in [0.15, 0.2) is 11.2 Å². The normalized spacial score (nSPS) is 12.3. The fourth-order valence-corrected chi connectivity index (χ4v) is 3.30. The van der Waals surface area contributed by atoms with Crippen molar-refractivity contribution in [2.75, 3.05) is 6.61 Å². The van der Waals surface area contributed by atoms with Gasteiger partial charge in [0.2, 0.25) is 0 Å². The summed E-state index contributed by atoms with van der Waals surface area (Å²) in [6, 6.07) is 17.5. The Balaban J connectivity index is 1.50. The molecule has 0 bridgehead atoms. The molecule has 0 saturated carbocycles. The van der Waals surface area contributed by atoms with Crippen molar-refractivity contribution in [3.8, 4) is 0 Å². The second-order valence-corrected chi connectivity index (χ2v) is 7.43. The van der Waals surface area contributed by atoms with Gasteiger partial charge in [-0.15, -0.1) is 0 Å². The average Bonchev–Trinajstić information content (AvgIpc) is 3.15. The molecule has 0 fully saturated rings. The lowest BCUT2D eigenvalue weighted by Crippen LogP contribution is -2.16. The van der Waals surface area contributed by atoms with Crippen molar-refractivity contribution in [1.29, 1.82) is 0 Å². The molecule has 2 heterocycles. The molecule has 0 saturated heterocycles. The Labute approximate surface area is 173 Å². The Hall–Kier alpha value is -2.96. The Morgan fingerprint density at radius 3 is 2.62 bits per heavy atom. The summed E-state index contributed by atoms with van der Waals surface area (Å²) in [5.41, 5.74) is 2.82. The zero-order chi connectivity index (χ0) is 20.2. The van der Waals surface area contributed by atoms with Gasteiger partial charge in [-0.05, 0) is 30.2 Å². The lowest BCUT2D eigenvalue weighted by atomic mass is 10.1. The van der Waals surface area contributed by atoms with E-state index in [9.17, 15) is 4.79 Å². The van der Waals surface area contributed by atoms with E-state index in [0.29, 0.717) is 41.6 Å². The van der Waals surface area contributed by atoms with Crippen LogP contribution in [0.2, 0.25) is 5.02 Å². The number of fused-ring (bicyclic) bond motifs is 1. The third-order valence-corrected chi connectivity index (χ3v) is 4.96. The standard InChI is InChI=1S/C22H21ClN4O2/c1-15(12-29-13-17-7-9-18(23)10-8-17)27-14-24-20-21(27)25-19(26-22(20)28)11-16-5-3-2-4-6-16/h2-10,14-15H,11-13H2,1H3,(H,25,26,28). The van der Waals surface area contributed by atoms with Gasteiger partial charge in [-0.25, -0.2) is 9.97 Å². The van der Waals surface area contributed by atoms with Crippen molar-refractivity contribution in [1.82, 2.24) is 19.5 Å². The van der Waals surface area contributed by atoms with E-state index in [1.165, 1.54) is 0 Å². The first-order chi connectivity index (χ1) is 14.1. The van der Waals surface area contributed by atoms with Gasteiger partial charge in [0.1, 0.15) is 5.82 Å². The topological polar surface area (TPSA) is 72.8 Å². The average molecular weight is 409 g/mol. The van der Waals surface area contributed by atoms with Crippen LogP contribution in [-0.2, 0) is 17.8 Å². The third kappa shape index (κ3) is 4.55. The number of imidazole rings is 1. The minimum atomic E-state index is -0.228. The number of H-pyrrole nitrogens is 1. The number of aromatic amines is 1. The first-order valence-electron chi connectivity index (χ1n) is 9.42. The molecule has 0 aliphatic carbocycles. The number of nitrogens with one attached hydrogen (secondary N) is 1. The van der Waals surface area contributed by atoms with Crippen molar-refractivity contribution in [2.24, 2.45) is 0 Å². The summed E-state index contributed by atoms with van der Waals surface area (Å²) in [5, 5.41) is 0.703. The number of hydrogen-bond donors (Lipinski definition) is 1. The maximum Gasteiger partial charge on any atom is 0.279 e. The summed E-state index contributed by atoms with van der Waals surface area (Å²) in [6.45, 7) is 2.97. The van der Waals surface area contributed by atoms with Gasteiger partial charge >= 0.3 is 0 Å². The summed E-state index contributed by atoms with van der Waals surface area (Å²) in [7, 11) is 0. The van der Waals surface area contributed by atoms with Crippen LogP contribution in [0.25, 0.3) is 11.2 Å². The summed E-state index contributed by atoms with van der Waals surface area (Å²) < 4.78 is 7.73. The quantitative estimate of drug-likeness (QED) is 0.498. The minimum absolute atomic E-state index is 0.0221. The highest BCUT2D eigenvalue weighted by molar-refractivity contribution is 6.30. The highest BCUT2D eigenvalue weighted by atomic mass is 35.5. The Morgan fingerprint density at radius 1 is 1.10 bits per heavy atom.